The van der Waals surface area contributed by atoms with E-state index >= 15 is 0 Å². The third-order valence-corrected chi connectivity index (χ3v) is 1.61. The maximum atomic E-state index is 3.12. The van der Waals surface area contributed by atoms with Crippen LogP contribution in [0.5, 0.6) is 0 Å². The van der Waals surface area contributed by atoms with E-state index < -0.39 is 0 Å². The number of hydrogen-bond acceptors (Lipinski definition) is 0. The lowest BCUT2D eigenvalue weighted by Gasteiger charge is -2.06. The molecule has 1 unspecified atom stereocenters. The Labute approximate surface area is 76.4 Å². The van der Waals surface area contributed by atoms with Crippen LogP contribution in [0.1, 0.15) is 34.1 Å². The van der Waals surface area contributed by atoms with Gasteiger partial charge in [-0.2, -0.15) is 0 Å². The van der Waals surface area contributed by atoms with Crippen LogP contribution in [0.3, 0.4) is 0 Å². The van der Waals surface area contributed by atoms with E-state index in [1.807, 2.05) is 20.8 Å². The molecule has 0 spiro atoms. The third-order valence-electron chi connectivity index (χ3n) is 1.61. The molecule has 66 valence electrons. The van der Waals surface area contributed by atoms with Crippen LogP contribution in [0.25, 0.3) is 0 Å². The molecule has 0 aromatic carbocycles. The van der Waals surface area contributed by atoms with Crippen molar-refractivity contribution in [3.8, 4) is 11.8 Å². The zero-order chi connectivity index (χ0) is 9.40. The number of allylic oxidation sites excluding steroid dienone is 4. The molecule has 0 radical (unpaired) electrons. The Balaban J connectivity index is 0.000000561. The zero-order valence-corrected chi connectivity index (χ0v) is 8.52. The first-order valence-electron chi connectivity index (χ1n) is 4.60. The molecule has 1 atom stereocenters. The smallest absolute Gasteiger partial charge is 0.0420 e. The van der Waals surface area contributed by atoms with Crippen molar-refractivity contribution < 1.29 is 0 Å². The van der Waals surface area contributed by atoms with Gasteiger partial charge in [0.1, 0.15) is 0 Å². The maximum absolute atomic E-state index is 3.12. The van der Waals surface area contributed by atoms with Crippen LogP contribution in [-0.4, -0.2) is 0 Å². The Morgan fingerprint density at radius 3 is 2.50 bits per heavy atom. The fraction of sp³-hybridized carbons (Fsp3) is 0.500. The minimum Gasteiger partial charge on any atom is -0.106 e. The molecular weight excluding hydrogens is 144 g/mol. The summed E-state index contributed by atoms with van der Waals surface area (Å²) in [5, 5.41) is 0. The Kier molecular flexibility index (Phi) is 6.19. The van der Waals surface area contributed by atoms with E-state index in [1.54, 1.807) is 0 Å². The van der Waals surface area contributed by atoms with E-state index in [4.69, 9.17) is 0 Å². The van der Waals surface area contributed by atoms with Crippen LogP contribution in [0.15, 0.2) is 23.8 Å². The van der Waals surface area contributed by atoms with Crippen LogP contribution in [0, 0.1) is 17.8 Å². The van der Waals surface area contributed by atoms with Gasteiger partial charge in [0.25, 0.3) is 0 Å². The molecular formula is C12H18. The average Bonchev–Trinajstić information content (AvgIpc) is 2.13. The average molecular weight is 162 g/mol. The predicted octanol–water partition coefficient (Wildman–Crippen LogP) is 3.56. The second-order valence-corrected chi connectivity index (χ2v) is 2.54. The van der Waals surface area contributed by atoms with Crippen molar-refractivity contribution in [2.75, 3.05) is 0 Å². The van der Waals surface area contributed by atoms with E-state index in [9.17, 15) is 0 Å². The highest BCUT2D eigenvalue weighted by Gasteiger charge is 2.01. The second kappa shape index (κ2) is 6.73. The van der Waals surface area contributed by atoms with Gasteiger partial charge in [0.05, 0.1) is 0 Å². The molecule has 0 aromatic heterocycles. The molecule has 1 aliphatic carbocycles. The summed E-state index contributed by atoms with van der Waals surface area (Å²) in [7, 11) is 0. The fourth-order valence-corrected chi connectivity index (χ4v) is 1.02. The lowest BCUT2D eigenvalue weighted by molar-refractivity contribution is 0.842. The highest BCUT2D eigenvalue weighted by atomic mass is 14.0. The zero-order valence-electron chi connectivity index (χ0n) is 8.52. The second-order valence-electron chi connectivity index (χ2n) is 2.54. The van der Waals surface area contributed by atoms with Crippen LogP contribution in [0.4, 0.5) is 0 Å². The molecule has 0 fully saturated rings. The monoisotopic (exact) mass is 162 g/mol. The molecule has 0 heterocycles. The lowest BCUT2D eigenvalue weighted by Crippen LogP contribution is -1.94. The van der Waals surface area contributed by atoms with Gasteiger partial charge < -0.3 is 0 Å². The Morgan fingerprint density at radius 2 is 2.08 bits per heavy atom. The van der Waals surface area contributed by atoms with Gasteiger partial charge in [0.2, 0.25) is 0 Å². The Hall–Kier alpha value is -0.960. The largest absolute Gasteiger partial charge is 0.106 e. The molecule has 12 heavy (non-hydrogen) atoms. The highest BCUT2D eigenvalue weighted by Crippen LogP contribution is 2.14. The van der Waals surface area contributed by atoms with E-state index in [0.717, 1.165) is 6.42 Å². The quantitative estimate of drug-likeness (QED) is 0.478. The summed E-state index contributed by atoms with van der Waals surface area (Å²) in [5.74, 6) is 6.51. The summed E-state index contributed by atoms with van der Waals surface area (Å²) >= 11 is 0. The lowest BCUT2D eigenvalue weighted by atomic mass is 9.98. The fourth-order valence-electron chi connectivity index (χ4n) is 1.02. The minimum atomic E-state index is 0.466. The first-order chi connectivity index (χ1) is 5.83. The molecule has 0 bridgehead atoms. The number of rotatable bonds is 0. The standard InChI is InChI=1S/C10H12.C2H6/c1-3-4-10-7-5-9(2)6-8-10;1-2/h5-7,10H,8H2,1-2H3;1-2H3. The molecule has 0 heteroatoms. The molecule has 0 saturated heterocycles. The van der Waals surface area contributed by atoms with Crippen molar-refractivity contribution in [3.63, 3.8) is 0 Å². The van der Waals surface area contributed by atoms with Crippen molar-refractivity contribution in [1.82, 2.24) is 0 Å². The van der Waals surface area contributed by atoms with Crippen molar-refractivity contribution in [1.29, 1.82) is 0 Å². The molecule has 0 N–H and O–H groups in total. The molecule has 1 aliphatic rings. The van der Waals surface area contributed by atoms with E-state index in [-0.39, 0.29) is 0 Å². The van der Waals surface area contributed by atoms with Gasteiger partial charge in [-0.1, -0.05) is 43.6 Å². The maximum Gasteiger partial charge on any atom is 0.0420 e. The Morgan fingerprint density at radius 1 is 1.42 bits per heavy atom. The van der Waals surface area contributed by atoms with Crippen molar-refractivity contribution in [2.45, 2.75) is 34.1 Å². The summed E-state index contributed by atoms with van der Waals surface area (Å²) in [6.45, 7) is 8.01. The van der Waals surface area contributed by atoms with Crippen LogP contribution >= 0.6 is 0 Å². The first kappa shape index (κ1) is 11.0. The molecule has 0 nitrogen and oxygen atoms in total. The van der Waals surface area contributed by atoms with Gasteiger partial charge in [-0.3, -0.25) is 0 Å². The normalized spacial score (nSPS) is 19.7. The summed E-state index contributed by atoms with van der Waals surface area (Å²) in [4.78, 5) is 0. The predicted molar refractivity (Wildman–Crippen MR) is 55.8 cm³/mol. The van der Waals surface area contributed by atoms with Gasteiger partial charge in [0.15, 0.2) is 0 Å². The Bertz CT molecular complexity index is 220. The molecule has 0 aromatic rings. The summed E-state index contributed by atoms with van der Waals surface area (Å²) < 4.78 is 0. The third kappa shape index (κ3) is 4.03. The van der Waals surface area contributed by atoms with Crippen molar-refractivity contribution >= 4 is 0 Å². The molecule has 1 rings (SSSR count). The molecule has 0 amide bonds. The van der Waals surface area contributed by atoms with Gasteiger partial charge in [-0.15, -0.1) is 5.92 Å². The van der Waals surface area contributed by atoms with Gasteiger partial charge in [-0.05, 0) is 20.3 Å². The first-order valence-corrected chi connectivity index (χ1v) is 4.60. The summed E-state index contributed by atoms with van der Waals surface area (Å²) in [6, 6.07) is 0. The SMILES string of the molecule is CC.CC#CC1C=CC(C)=CC1. The van der Waals surface area contributed by atoms with Crippen molar-refractivity contribution in [2.24, 2.45) is 5.92 Å². The van der Waals surface area contributed by atoms with E-state index in [0.29, 0.717) is 5.92 Å². The number of hydrogen-bond donors (Lipinski definition) is 0. The van der Waals surface area contributed by atoms with Crippen molar-refractivity contribution in [3.05, 3.63) is 23.8 Å². The summed E-state index contributed by atoms with van der Waals surface area (Å²) in [5.41, 5.74) is 1.36. The van der Waals surface area contributed by atoms with Gasteiger partial charge >= 0.3 is 0 Å². The van der Waals surface area contributed by atoms with Crippen LogP contribution in [0.2, 0.25) is 0 Å². The van der Waals surface area contributed by atoms with Gasteiger partial charge in [0, 0.05) is 5.92 Å². The van der Waals surface area contributed by atoms with Crippen LogP contribution < -0.4 is 0 Å². The van der Waals surface area contributed by atoms with E-state index in [1.165, 1.54) is 5.57 Å². The van der Waals surface area contributed by atoms with E-state index in [2.05, 4.69) is 37.0 Å². The molecule has 0 aliphatic heterocycles. The summed E-state index contributed by atoms with van der Waals surface area (Å²) in [6.07, 6.45) is 7.63. The van der Waals surface area contributed by atoms with Gasteiger partial charge in [-0.25, -0.2) is 0 Å². The van der Waals surface area contributed by atoms with Crippen LogP contribution in [-0.2, 0) is 0 Å². The highest BCUT2D eigenvalue weighted by molar-refractivity contribution is 5.25. The topological polar surface area (TPSA) is 0 Å². The minimum absolute atomic E-state index is 0.466. The molecule has 0 saturated carbocycles.